The van der Waals surface area contributed by atoms with Crippen molar-refractivity contribution in [2.75, 3.05) is 11.6 Å². The fraction of sp³-hybridized carbons (Fsp3) is 0.500. The molecule has 3 rings (SSSR count). The van der Waals surface area contributed by atoms with E-state index in [1.807, 2.05) is 6.92 Å². The van der Waals surface area contributed by atoms with Crippen LogP contribution in [0.5, 0.6) is 0 Å². The molecule has 22 heavy (non-hydrogen) atoms. The molecule has 1 saturated heterocycles. The van der Waals surface area contributed by atoms with Gasteiger partial charge in [0.25, 0.3) is 11.6 Å². The molecule has 2 N–H and O–H groups in total. The van der Waals surface area contributed by atoms with E-state index in [0.717, 1.165) is 11.3 Å². The molecule has 0 saturated carbocycles. The highest BCUT2D eigenvalue weighted by molar-refractivity contribution is 6.17. The number of anilines is 1. The maximum absolute atomic E-state index is 13.0. The molecule has 1 aromatic rings. The van der Waals surface area contributed by atoms with E-state index in [9.17, 15) is 19.9 Å². The Morgan fingerprint density at radius 3 is 2.45 bits per heavy atom. The van der Waals surface area contributed by atoms with Crippen LogP contribution in [-0.2, 0) is 15.0 Å². The van der Waals surface area contributed by atoms with E-state index < -0.39 is 23.0 Å². The van der Waals surface area contributed by atoms with E-state index >= 15 is 0 Å². The van der Waals surface area contributed by atoms with Crippen LogP contribution in [0.25, 0.3) is 0 Å². The second kappa shape index (κ2) is 4.79. The topological polar surface area (TPSA) is 81.1 Å². The van der Waals surface area contributed by atoms with Gasteiger partial charge in [0.15, 0.2) is 0 Å². The third-order valence-corrected chi connectivity index (χ3v) is 4.91. The quantitative estimate of drug-likeness (QED) is 0.822. The zero-order valence-electron chi connectivity index (χ0n) is 12.7. The number of unbranched alkanes of at least 4 members (excludes halogenated alkanes) is 1. The van der Waals surface area contributed by atoms with Crippen molar-refractivity contribution >= 4 is 17.5 Å². The molecule has 2 heterocycles. The van der Waals surface area contributed by atoms with Crippen molar-refractivity contribution in [1.29, 1.82) is 0 Å². The molecule has 0 spiro atoms. The zero-order chi connectivity index (χ0) is 16.1. The summed E-state index contributed by atoms with van der Waals surface area (Å²) in [5, 5.41) is 22.0. The number of nitrogens with zero attached hydrogens (tertiary/aromatic N) is 2. The van der Waals surface area contributed by atoms with Gasteiger partial charge in [-0.15, -0.1) is 0 Å². The Morgan fingerprint density at radius 1 is 1.14 bits per heavy atom. The van der Waals surface area contributed by atoms with Crippen LogP contribution in [0.2, 0.25) is 0 Å². The number of benzene rings is 1. The number of hydroxylamine groups is 1. The minimum absolute atomic E-state index is 0.227. The summed E-state index contributed by atoms with van der Waals surface area (Å²) in [7, 11) is 0. The summed E-state index contributed by atoms with van der Waals surface area (Å²) in [6.45, 7) is 3.97. The van der Waals surface area contributed by atoms with E-state index in [1.165, 1.54) is 0 Å². The second-order valence-corrected chi connectivity index (χ2v) is 5.88. The Balaban J connectivity index is 2.20. The van der Waals surface area contributed by atoms with Crippen LogP contribution < -0.4 is 5.06 Å². The molecule has 2 aliphatic heterocycles. The first-order chi connectivity index (χ1) is 10.5. The third-order valence-electron chi connectivity index (χ3n) is 4.91. The molecule has 0 radical (unpaired) electrons. The lowest BCUT2D eigenvalue weighted by Crippen LogP contribution is -2.59. The number of likely N-dealkylation sites (tertiary alicyclic amines) is 1. The van der Waals surface area contributed by atoms with Gasteiger partial charge >= 0.3 is 0 Å². The minimum Gasteiger partial charge on any atom is -0.360 e. The van der Waals surface area contributed by atoms with Gasteiger partial charge in [0, 0.05) is 6.54 Å². The predicted octanol–water partition coefficient (Wildman–Crippen LogP) is 1.40. The average Bonchev–Trinajstić information content (AvgIpc) is 2.84. The number of hydrogen-bond donors (Lipinski definition) is 2. The summed E-state index contributed by atoms with van der Waals surface area (Å²) in [4.78, 5) is 26.8. The van der Waals surface area contributed by atoms with Gasteiger partial charge in [-0.1, -0.05) is 38.5 Å². The largest absolute Gasteiger partial charge is 0.360 e. The number of carbonyl (C=O) groups excluding carboxylic acids is 2. The van der Waals surface area contributed by atoms with Crippen LogP contribution in [0, 0.1) is 0 Å². The molecular weight excluding hydrogens is 284 g/mol. The Labute approximate surface area is 128 Å². The number of aliphatic hydroxyl groups is 1. The van der Waals surface area contributed by atoms with Gasteiger partial charge in [0.2, 0.25) is 5.91 Å². The maximum atomic E-state index is 13.0. The predicted molar refractivity (Wildman–Crippen MR) is 79.3 cm³/mol. The minimum atomic E-state index is -2.25. The number of para-hydroxylation sites is 1. The van der Waals surface area contributed by atoms with Crippen LogP contribution in [0.3, 0.4) is 0 Å². The fourth-order valence-electron chi connectivity index (χ4n) is 3.72. The molecule has 0 aromatic heterocycles. The molecule has 118 valence electrons. The molecular formula is C16H20N2O4. The molecule has 2 amide bonds. The highest BCUT2D eigenvalue weighted by Gasteiger charge is 2.76. The average molecular weight is 304 g/mol. The van der Waals surface area contributed by atoms with Crippen molar-refractivity contribution in [2.45, 2.75) is 44.2 Å². The van der Waals surface area contributed by atoms with Crippen molar-refractivity contribution in [3.63, 3.8) is 0 Å². The SMILES string of the molecule is CCCCN1C(=O)[C@@]2(O)N(O)c3ccccc3[C@@]2(CC)C1=O. The number of carbonyl (C=O) groups is 2. The lowest BCUT2D eigenvalue weighted by Gasteiger charge is -2.33. The van der Waals surface area contributed by atoms with Gasteiger partial charge in [-0.25, -0.2) is 5.06 Å². The van der Waals surface area contributed by atoms with Crippen molar-refractivity contribution < 1.29 is 19.9 Å². The number of fused-ring (bicyclic) bond motifs is 3. The van der Waals surface area contributed by atoms with Crippen LogP contribution in [0.4, 0.5) is 5.69 Å². The lowest BCUT2D eigenvalue weighted by molar-refractivity contribution is -0.152. The smallest absolute Gasteiger partial charge is 0.286 e. The maximum Gasteiger partial charge on any atom is 0.286 e. The summed E-state index contributed by atoms with van der Waals surface area (Å²) in [5.41, 5.74) is -2.89. The summed E-state index contributed by atoms with van der Waals surface area (Å²) < 4.78 is 0. The van der Waals surface area contributed by atoms with Crippen molar-refractivity contribution in [2.24, 2.45) is 0 Å². The number of imide groups is 1. The molecule has 0 bridgehead atoms. The van der Waals surface area contributed by atoms with E-state index in [1.54, 1.807) is 31.2 Å². The van der Waals surface area contributed by atoms with Gasteiger partial charge in [-0.2, -0.15) is 0 Å². The van der Waals surface area contributed by atoms with E-state index in [2.05, 4.69) is 0 Å². The van der Waals surface area contributed by atoms with E-state index in [4.69, 9.17) is 0 Å². The van der Waals surface area contributed by atoms with Crippen LogP contribution in [0.15, 0.2) is 24.3 Å². The normalized spacial score (nSPS) is 30.0. The standard InChI is InChI=1S/C16H20N2O4/c1-3-5-10-17-13(19)15(4-2)11-8-6-7-9-12(11)18(22)16(15,21)14(17)20/h6-9,21-22H,3-5,10H2,1-2H3/t15-,16-/m0/s1. The Hall–Kier alpha value is -1.92. The molecule has 0 unspecified atom stereocenters. The lowest BCUT2D eigenvalue weighted by atomic mass is 9.73. The number of hydrogen-bond acceptors (Lipinski definition) is 5. The second-order valence-electron chi connectivity index (χ2n) is 5.88. The van der Waals surface area contributed by atoms with E-state index in [0.29, 0.717) is 22.7 Å². The Morgan fingerprint density at radius 2 is 1.82 bits per heavy atom. The molecule has 2 atom stereocenters. The Bertz CT molecular complexity index is 647. The summed E-state index contributed by atoms with van der Waals surface area (Å²) >= 11 is 0. The van der Waals surface area contributed by atoms with E-state index in [-0.39, 0.29) is 13.0 Å². The first-order valence-electron chi connectivity index (χ1n) is 7.64. The summed E-state index contributed by atoms with van der Waals surface area (Å²) in [6.07, 6.45) is 1.72. The number of amides is 2. The molecule has 6 heteroatoms. The molecule has 1 fully saturated rings. The first-order valence-corrected chi connectivity index (χ1v) is 7.64. The van der Waals surface area contributed by atoms with Gasteiger partial charge in [-0.05, 0) is 24.5 Å². The van der Waals surface area contributed by atoms with Crippen LogP contribution >= 0.6 is 0 Å². The monoisotopic (exact) mass is 304 g/mol. The van der Waals surface area contributed by atoms with Crippen molar-refractivity contribution in [1.82, 2.24) is 4.90 Å². The van der Waals surface area contributed by atoms with Crippen LogP contribution in [0.1, 0.15) is 38.7 Å². The van der Waals surface area contributed by atoms with Crippen LogP contribution in [-0.4, -0.2) is 39.3 Å². The third kappa shape index (κ3) is 1.41. The molecule has 1 aromatic carbocycles. The van der Waals surface area contributed by atoms with Crippen molar-refractivity contribution in [3.8, 4) is 0 Å². The highest BCUT2D eigenvalue weighted by Crippen LogP contribution is 2.56. The Kier molecular flexibility index (Phi) is 3.27. The fourth-order valence-corrected chi connectivity index (χ4v) is 3.72. The summed E-state index contributed by atoms with van der Waals surface area (Å²) in [5.74, 6) is -1.17. The van der Waals surface area contributed by atoms with Gasteiger partial charge in [0.05, 0.1) is 5.69 Å². The van der Waals surface area contributed by atoms with Gasteiger partial charge < -0.3 is 5.11 Å². The highest BCUT2D eigenvalue weighted by atomic mass is 16.6. The molecule has 2 aliphatic rings. The number of rotatable bonds is 4. The molecule has 0 aliphatic carbocycles. The zero-order valence-corrected chi connectivity index (χ0v) is 12.7. The summed E-state index contributed by atoms with van der Waals surface area (Å²) in [6, 6.07) is 6.72. The first kappa shape index (κ1) is 15.0. The molecule has 6 nitrogen and oxygen atoms in total. The van der Waals surface area contributed by atoms with Gasteiger partial charge in [0.1, 0.15) is 5.41 Å². The van der Waals surface area contributed by atoms with Crippen molar-refractivity contribution in [3.05, 3.63) is 29.8 Å². The van der Waals surface area contributed by atoms with Gasteiger partial charge in [-0.3, -0.25) is 19.7 Å².